The molecule has 0 heterocycles. The minimum atomic E-state index is -4.67. The Kier molecular flexibility index (Phi) is 52.1. The maximum absolute atomic E-state index is 9.00. The number of nitrogen functional groups attached to an aromatic ring is 1. The standard InChI is InChI=1S/C7H9N.C4H13N3.5C2H4O2.H2O4S/c1-6-4-2-3-5-7(6)8;5-1-3-7-4-2-6;5*1-2(3)4;1-5(2,3)4/h2-5H,8H2,1H3;7H,1-6H2;5*1H3,(H,3,4);(H2,1,2,3,4). The average Bonchev–Trinajstić information content (AvgIpc) is 2.68. The van der Waals surface area contributed by atoms with E-state index in [1.54, 1.807) is 0 Å². The van der Waals surface area contributed by atoms with Crippen molar-refractivity contribution in [3.63, 3.8) is 0 Å². The van der Waals surface area contributed by atoms with Crippen LogP contribution in [-0.2, 0) is 34.4 Å². The first kappa shape index (κ1) is 52.5. The monoisotopic (exact) mass is 608 g/mol. The summed E-state index contributed by atoms with van der Waals surface area (Å²) in [5.74, 6) is -4.17. The number of rotatable bonds is 4. The van der Waals surface area contributed by atoms with Crippen LogP contribution >= 0.6 is 0 Å². The second-order valence-corrected chi connectivity index (χ2v) is 7.12. The molecule has 1 aromatic carbocycles. The van der Waals surface area contributed by atoms with Crippen molar-refractivity contribution in [2.24, 2.45) is 11.5 Å². The van der Waals surface area contributed by atoms with Crippen LogP contribution in [0.15, 0.2) is 24.3 Å². The summed E-state index contributed by atoms with van der Waals surface area (Å²) in [5, 5.41) is 40.1. The fraction of sp³-hybridized carbons (Fsp3) is 0.476. The molecule has 0 saturated carbocycles. The number of benzene rings is 1. The van der Waals surface area contributed by atoms with E-state index in [2.05, 4.69) is 5.32 Å². The van der Waals surface area contributed by atoms with E-state index in [4.69, 9.17) is 84.2 Å². The van der Waals surface area contributed by atoms with Crippen molar-refractivity contribution in [3.8, 4) is 0 Å². The first-order valence-electron chi connectivity index (χ1n) is 10.5. The minimum Gasteiger partial charge on any atom is -0.481 e. The Bertz CT molecular complexity index is 759. The van der Waals surface area contributed by atoms with E-state index in [0.29, 0.717) is 13.1 Å². The number of hydrogen-bond acceptors (Lipinski definition) is 11. The van der Waals surface area contributed by atoms with Crippen LogP contribution in [0.5, 0.6) is 0 Å². The molecule has 0 fully saturated rings. The van der Waals surface area contributed by atoms with E-state index >= 15 is 0 Å². The molecule has 0 amide bonds. The lowest BCUT2D eigenvalue weighted by atomic mass is 10.2. The van der Waals surface area contributed by atoms with E-state index in [0.717, 1.165) is 59.0 Å². The molecule has 0 radical (unpaired) electrons. The Morgan fingerprint density at radius 1 is 0.675 bits per heavy atom. The molecule has 1 aromatic rings. The molecule has 0 unspecified atom stereocenters. The number of hydrogen-bond donors (Lipinski definition) is 11. The summed E-state index contributed by atoms with van der Waals surface area (Å²) in [6, 6.07) is 7.80. The zero-order valence-corrected chi connectivity index (χ0v) is 24.1. The van der Waals surface area contributed by atoms with Gasteiger partial charge in [0.1, 0.15) is 0 Å². The van der Waals surface area contributed by atoms with Gasteiger partial charge in [0.15, 0.2) is 0 Å². The van der Waals surface area contributed by atoms with E-state index in [1.165, 1.54) is 0 Å². The molecule has 18 nitrogen and oxygen atoms in total. The third kappa shape index (κ3) is 303. The number of para-hydroxylation sites is 1. The normalized spacial score (nSPS) is 8.05. The molecule has 0 atom stereocenters. The van der Waals surface area contributed by atoms with Crippen LogP contribution in [0, 0.1) is 6.92 Å². The summed E-state index contributed by atoms with van der Waals surface area (Å²) in [6.07, 6.45) is 0. The van der Waals surface area contributed by atoms with Gasteiger partial charge < -0.3 is 48.1 Å². The summed E-state index contributed by atoms with van der Waals surface area (Å²) >= 11 is 0. The minimum absolute atomic E-state index is 0.694. The average molecular weight is 609 g/mol. The first-order valence-corrected chi connectivity index (χ1v) is 11.9. The van der Waals surface area contributed by atoms with Crippen molar-refractivity contribution in [1.82, 2.24) is 5.32 Å². The second kappa shape index (κ2) is 39.6. The highest BCUT2D eigenvalue weighted by Gasteiger charge is 1.85. The highest BCUT2D eigenvalue weighted by molar-refractivity contribution is 7.79. The zero-order chi connectivity index (χ0) is 33.9. The van der Waals surface area contributed by atoms with Gasteiger partial charge in [-0.3, -0.25) is 33.1 Å². The predicted octanol–water partition coefficient (Wildman–Crippen LogP) is -0.128. The maximum Gasteiger partial charge on any atom is 0.394 e. The van der Waals surface area contributed by atoms with Gasteiger partial charge in [0.25, 0.3) is 29.8 Å². The predicted molar refractivity (Wildman–Crippen MR) is 147 cm³/mol. The highest BCUT2D eigenvalue weighted by atomic mass is 32.3. The van der Waals surface area contributed by atoms with Crippen LogP contribution in [0.25, 0.3) is 0 Å². The maximum atomic E-state index is 9.00. The number of aryl methyl sites for hydroxylation is 1. The molecule has 0 bridgehead atoms. The topological polar surface area (TPSA) is 351 Å². The molecule has 40 heavy (non-hydrogen) atoms. The first-order chi connectivity index (χ1) is 17.9. The Morgan fingerprint density at radius 2 is 0.875 bits per heavy atom. The number of anilines is 1. The van der Waals surface area contributed by atoms with Gasteiger partial charge in [-0.1, -0.05) is 18.2 Å². The van der Waals surface area contributed by atoms with E-state index in [9.17, 15) is 0 Å². The molecule has 0 aliphatic carbocycles. The summed E-state index contributed by atoms with van der Waals surface area (Å²) in [6.45, 7) is 10.5. The number of nitrogens with one attached hydrogen (secondary N) is 1. The van der Waals surface area contributed by atoms with Crippen LogP contribution in [0.4, 0.5) is 5.69 Å². The Morgan fingerprint density at radius 3 is 1.00 bits per heavy atom. The molecule has 0 aliphatic heterocycles. The van der Waals surface area contributed by atoms with Gasteiger partial charge >= 0.3 is 10.4 Å². The van der Waals surface area contributed by atoms with E-state index in [1.807, 2.05) is 31.2 Å². The summed E-state index contributed by atoms with van der Waals surface area (Å²) in [7, 11) is -4.67. The van der Waals surface area contributed by atoms with Crippen LogP contribution in [-0.4, -0.2) is 99.1 Å². The SMILES string of the molecule is CC(=O)O.CC(=O)O.CC(=O)O.CC(=O)O.CC(=O)O.Cc1ccccc1N.NCCNCCN.O=S(=O)(O)O. The number of nitrogens with two attached hydrogens (primary N) is 3. The number of carboxylic acid groups (broad SMARTS) is 5. The quantitative estimate of drug-likeness (QED) is 0.120. The lowest BCUT2D eigenvalue weighted by Crippen LogP contribution is -2.27. The van der Waals surface area contributed by atoms with Crippen LogP contribution in [0.2, 0.25) is 0 Å². The number of carbonyl (C=O) groups is 5. The van der Waals surface area contributed by atoms with Crippen molar-refractivity contribution >= 4 is 45.9 Å². The molecule has 0 aromatic heterocycles. The molecule has 14 N–H and O–H groups in total. The van der Waals surface area contributed by atoms with Crippen molar-refractivity contribution in [3.05, 3.63) is 29.8 Å². The lowest BCUT2D eigenvalue weighted by molar-refractivity contribution is -0.135. The zero-order valence-electron chi connectivity index (χ0n) is 23.3. The highest BCUT2D eigenvalue weighted by Crippen LogP contribution is 2.06. The molecule has 0 spiro atoms. The molecule has 1 rings (SSSR count). The summed E-state index contributed by atoms with van der Waals surface area (Å²) < 4.78 is 31.6. The molecular weight excluding hydrogens is 564 g/mol. The van der Waals surface area contributed by atoms with Crippen LogP contribution in [0.3, 0.4) is 0 Å². The third-order valence-electron chi connectivity index (χ3n) is 1.83. The Hall–Kier alpha value is -3.88. The summed E-state index contributed by atoms with van der Waals surface area (Å²) in [4.78, 5) is 45.0. The van der Waals surface area contributed by atoms with Crippen LogP contribution < -0.4 is 22.5 Å². The van der Waals surface area contributed by atoms with Crippen molar-refractivity contribution in [2.45, 2.75) is 41.5 Å². The number of aliphatic carboxylic acids is 5. The summed E-state index contributed by atoms with van der Waals surface area (Å²) in [5.41, 5.74) is 17.9. The van der Waals surface area contributed by atoms with Gasteiger partial charge in [-0.05, 0) is 18.6 Å². The lowest BCUT2D eigenvalue weighted by Gasteiger charge is -1.95. The van der Waals surface area contributed by atoms with Crippen molar-refractivity contribution in [1.29, 1.82) is 0 Å². The Balaban J connectivity index is -0.0000000635. The van der Waals surface area contributed by atoms with Gasteiger partial charge in [-0.15, -0.1) is 0 Å². The van der Waals surface area contributed by atoms with E-state index in [-0.39, 0.29) is 0 Å². The van der Waals surface area contributed by atoms with Gasteiger partial charge in [0.2, 0.25) is 0 Å². The molecular formula is C21H44N4O14S. The van der Waals surface area contributed by atoms with Gasteiger partial charge in [0.05, 0.1) is 0 Å². The van der Waals surface area contributed by atoms with Gasteiger partial charge in [-0.2, -0.15) is 8.42 Å². The van der Waals surface area contributed by atoms with Gasteiger partial charge in [0, 0.05) is 66.5 Å². The smallest absolute Gasteiger partial charge is 0.394 e. The van der Waals surface area contributed by atoms with Gasteiger partial charge in [-0.25, -0.2) is 0 Å². The van der Waals surface area contributed by atoms with Crippen molar-refractivity contribution in [2.75, 3.05) is 31.9 Å². The number of carboxylic acids is 5. The fourth-order valence-electron chi connectivity index (χ4n) is 0.916. The second-order valence-electron chi connectivity index (χ2n) is 6.23. The molecule has 0 aliphatic rings. The molecule has 19 heteroatoms. The van der Waals surface area contributed by atoms with Crippen LogP contribution in [0.1, 0.15) is 40.2 Å². The third-order valence-corrected chi connectivity index (χ3v) is 1.83. The Labute approximate surface area is 233 Å². The van der Waals surface area contributed by atoms with E-state index < -0.39 is 40.2 Å². The molecule has 0 saturated heterocycles. The largest absolute Gasteiger partial charge is 0.481 e. The molecule has 238 valence electrons. The fourth-order valence-corrected chi connectivity index (χ4v) is 0.916. The van der Waals surface area contributed by atoms with Crippen molar-refractivity contribution < 1.29 is 67.0 Å².